The van der Waals surface area contributed by atoms with Crippen molar-refractivity contribution < 1.29 is 18.3 Å². The van der Waals surface area contributed by atoms with Crippen LogP contribution in [0.25, 0.3) is 0 Å². The van der Waals surface area contributed by atoms with E-state index in [1.165, 1.54) is 6.33 Å². The van der Waals surface area contributed by atoms with Gasteiger partial charge < -0.3 is 9.67 Å². The van der Waals surface area contributed by atoms with Crippen LogP contribution in [0.2, 0.25) is 4.34 Å². The maximum absolute atomic E-state index is 12.5. The van der Waals surface area contributed by atoms with E-state index in [-0.39, 0.29) is 20.2 Å². The number of thiophene rings is 1. The molecular weight excluding hydrogens is 364 g/mol. The zero-order chi connectivity index (χ0) is 17.4. The molecule has 0 saturated heterocycles. The fourth-order valence-corrected chi connectivity index (χ4v) is 4.86. The average Bonchev–Trinajstić information content (AvgIpc) is 3.04. The van der Waals surface area contributed by atoms with Crippen molar-refractivity contribution >= 4 is 38.9 Å². The van der Waals surface area contributed by atoms with E-state index in [0.717, 1.165) is 6.07 Å². The minimum Gasteiger partial charge on any atom is -0.477 e. The summed E-state index contributed by atoms with van der Waals surface area (Å²) in [4.78, 5) is 10.5. The van der Waals surface area contributed by atoms with Crippen LogP contribution in [0.4, 0.5) is 0 Å². The summed E-state index contributed by atoms with van der Waals surface area (Å²) >= 11 is 6.45. The molecule has 0 aliphatic rings. The van der Waals surface area contributed by atoms with Crippen LogP contribution in [0.15, 0.2) is 17.3 Å². The molecule has 126 valence electrons. The van der Waals surface area contributed by atoms with Gasteiger partial charge in [0, 0.05) is 6.04 Å². The van der Waals surface area contributed by atoms with Crippen molar-refractivity contribution in [3.63, 3.8) is 0 Å². The van der Waals surface area contributed by atoms with Gasteiger partial charge in [0.2, 0.25) is 10.0 Å². The number of hydrogen-bond donors (Lipinski definition) is 2. The Kier molecular flexibility index (Phi) is 5.09. The molecule has 1 unspecified atom stereocenters. The van der Waals surface area contributed by atoms with E-state index >= 15 is 0 Å². The number of sulfonamides is 1. The van der Waals surface area contributed by atoms with E-state index < -0.39 is 22.0 Å². The van der Waals surface area contributed by atoms with Crippen molar-refractivity contribution in [3.8, 4) is 0 Å². The van der Waals surface area contributed by atoms with Crippen LogP contribution in [-0.2, 0) is 10.0 Å². The van der Waals surface area contributed by atoms with Gasteiger partial charge in [0.1, 0.15) is 16.1 Å². The van der Waals surface area contributed by atoms with Gasteiger partial charge in [-0.05, 0) is 26.8 Å². The Labute approximate surface area is 142 Å². The molecule has 1 atom stereocenters. The Balaban J connectivity index is 2.35. The summed E-state index contributed by atoms with van der Waals surface area (Å²) < 4.78 is 29.2. The van der Waals surface area contributed by atoms with Crippen LogP contribution < -0.4 is 4.72 Å². The third-order valence-corrected chi connectivity index (χ3v) is 5.97. The summed E-state index contributed by atoms with van der Waals surface area (Å²) in [5.41, 5.74) is 0. The second-order valence-electron chi connectivity index (χ2n) is 5.08. The number of carbonyl (C=O) groups is 1. The molecule has 8 nitrogen and oxygen atoms in total. The summed E-state index contributed by atoms with van der Waals surface area (Å²) in [6, 6.07) is 0.486. The highest BCUT2D eigenvalue weighted by Gasteiger charge is 2.28. The molecule has 0 radical (unpaired) electrons. The van der Waals surface area contributed by atoms with Crippen LogP contribution >= 0.6 is 22.9 Å². The number of carboxylic acids is 1. The van der Waals surface area contributed by atoms with Crippen molar-refractivity contribution in [3.05, 3.63) is 27.4 Å². The summed E-state index contributed by atoms with van der Waals surface area (Å²) in [6.45, 7) is 5.43. The molecule has 2 heterocycles. The maximum atomic E-state index is 12.5. The molecule has 0 bridgehead atoms. The van der Waals surface area contributed by atoms with Crippen LogP contribution in [0.1, 0.15) is 48.4 Å². The lowest BCUT2D eigenvalue weighted by atomic mass is 10.3. The Morgan fingerprint density at radius 2 is 2.09 bits per heavy atom. The second-order valence-corrected chi connectivity index (χ2v) is 8.45. The fourth-order valence-electron chi connectivity index (χ4n) is 2.00. The third kappa shape index (κ3) is 3.71. The Hall–Kier alpha value is -1.49. The highest BCUT2D eigenvalue weighted by atomic mass is 35.5. The molecule has 0 aliphatic heterocycles. The quantitative estimate of drug-likeness (QED) is 0.797. The van der Waals surface area contributed by atoms with Gasteiger partial charge in [-0.25, -0.2) is 17.9 Å². The Morgan fingerprint density at radius 1 is 1.43 bits per heavy atom. The lowest BCUT2D eigenvalue weighted by Gasteiger charge is -2.16. The van der Waals surface area contributed by atoms with E-state index in [9.17, 15) is 13.2 Å². The number of halogens is 1. The van der Waals surface area contributed by atoms with E-state index in [1.54, 1.807) is 11.5 Å². The zero-order valence-electron chi connectivity index (χ0n) is 12.5. The van der Waals surface area contributed by atoms with Gasteiger partial charge in [0.05, 0.1) is 10.4 Å². The first-order valence-corrected chi connectivity index (χ1v) is 9.25. The van der Waals surface area contributed by atoms with Crippen molar-refractivity contribution in [2.45, 2.75) is 37.8 Å². The number of nitrogens with one attached hydrogen (secondary N) is 1. The largest absolute Gasteiger partial charge is 0.477 e. The number of aromatic nitrogens is 3. The molecule has 11 heteroatoms. The Morgan fingerprint density at radius 3 is 2.65 bits per heavy atom. The molecular formula is C12H15ClN4O4S2. The van der Waals surface area contributed by atoms with Crippen LogP contribution in [0.5, 0.6) is 0 Å². The third-order valence-electron chi connectivity index (χ3n) is 3.03. The van der Waals surface area contributed by atoms with Crippen molar-refractivity contribution in [1.82, 2.24) is 19.5 Å². The van der Waals surface area contributed by atoms with E-state index in [4.69, 9.17) is 16.7 Å². The summed E-state index contributed by atoms with van der Waals surface area (Å²) in [5.74, 6) is -0.915. The first kappa shape index (κ1) is 17.9. The topological polar surface area (TPSA) is 114 Å². The van der Waals surface area contributed by atoms with Crippen molar-refractivity contribution in [1.29, 1.82) is 0 Å². The molecule has 0 fully saturated rings. The lowest BCUT2D eigenvalue weighted by molar-refractivity contribution is 0.0698. The highest BCUT2D eigenvalue weighted by Crippen LogP contribution is 2.31. The molecule has 2 aromatic rings. The van der Waals surface area contributed by atoms with E-state index in [2.05, 4.69) is 14.9 Å². The Bertz CT molecular complexity index is 828. The summed E-state index contributed by atoms with van der Waals surface area (Å²) in [7, 11) is -4.07. The van der Waals surface area contributed by atoms with Gasteiger partial charge in [-0.15, -0.1) is 21.5 Å². The van der Waals surface area contributed by atoms with Gasteiger partial charge in [-0.3, -0.25) is 0 Å². The van der Waals surface area contributed by atoms with Crippen LogP contribution in [0.3, 0.4) is 0 Å². The van der Waals surface area contributed by atoms with Gasteiger partial charge >= 0.3 is 5.97 Å². The number of carboxylic acid groups (broad SMARTS) is 1. The number of nitrogens with zero attached hydrogens (tertiary/aromatic N) is 3. The van der Waals surface area contributed by atoms with Crippen LogP contribution in [-0.4, -0.2) is 34.3 Å². The smallest absolute Gasteiger partial charge is 0.347 e. The zero-order valence-corrected chi connectivity index (χ0v) is 14.9. The fraction of sp³-hybridized carbons (Fsp3) is 0.417. The van der Waals surface area contributed by atoms with Gasteiger partial charge in [0.15, 0.2) is 5.82 Å². The monoisotopic (exact) mass is 378 g/mol. The number of rotatable bonds is 6. The molecule has 0 saturated carbocycles. The predicted molar refractivity (Wildman–Crippen MR) is 85.4 cm³/mol. The molecule has 2 rings (SSSR count). The van der Waals surface area contributed by atoms with E-state index in [0.29, 0.717) is 17.2 Å². The molecule has 2 aromatic heterocycles. The first-order chi connectivity index (χ1) is 10.6. The lowest BCUT2D eigenvalue weighted by Crippen LogP contribution is -2.29. The molecule has 2 N–H and O–H groups in total. The highest BCUT2D eigenvalue weighted by molar-refractivity contribution is 7.89. The summed E-state index contributed by atoms with van der Waals surface area (Å²) in [5, 5.41) is 16.8. The molecule has 23 heavy (non-hydrogen) atoms. The molecule has 0 spiro atoms. The molecule has 0 amide bonds. The average molecular weight is 379 g/mol. The molecule has 0 aliphatic carbocycles. The minimum absolute atomic E-state index is 0.0529. The van der Waals surface area contributed by atoms with E-state index in [1.807, 2.05) is 13.8 Å². The summed E-state index contributed by atoms with van der Waals surface area (Å²) in [6.07, 6.45) is 1.51. The SMILES string of the molecule is CC(NS(=O)(=O)c1cc(Cl)sc1C(=O)O)c1nncn1C(C)C. The minimum atomic E-state index is -4.07. The van der Waals surface area contributed by atoms with Crippen LogP contribution in [0, 0.1) is 0 Å². The second kappa shape index (κ2) is 6.56. The first-order valence-electron chi connectivity index (χ1n) is 6.58. The van der Waals surface area contributed by atoms with Gasteiger partial charge in [-0.1, -0.05) is 11.6 Å². The molecule has 0 aromatic carbocycles. The van der Waals surface area contributed by atoms with Gasteiger partial charge in [-0.2, -0.15) is 0 Å². The number of aromatic carboxylic acids is 1. The standard InChI is InChI=1S/C12H15ClN4O4S2/c1-6(2)17-5-14-15-11(17)7(3)16-23(20,21)8-4-9(13)22-10(8)12(18)19/h4-7,16H,1-3H3,(H,18,19). The maximum Gasteiger partial charge on any atom is 0.347 e. The number of hydrogen-bond acceptors (Lipinski definition) is 6. The van der Waals surface area contributed by atoms with Crippen molar-refractivity contribution in [2.75, 3.05) is 0 Å². The predicted octanol–water partition coefficient (Wildman–Crippen LogP) is 2.31. The normalized spacial score (nSPS) is 13.4. The van der Waals surface area contributed by atoms with Gasteiger partial charge in [0.25, 0.3) is 0 Å². The van der Waals surface area contributed by atoms with Crippen molar-refractivity contribution in [2.24, 2.45) is 0 Å².